The van der Waals surface area contributed by atoms with Crippen LogP contribution in [0.1, 0.15) is 13.8 Å². The second-order valence-corrected chi connectivity index (χ2v) is 3.53. The van der Waals surface area contributed by atoms with E-state index < -0.39 is 17.8 Å². The lowest BCUT2D eigenvalue weighted by Crippen LogP contribution is -2.25. The van der Waals surface area contributed by atoms with Gasteiger partial charge in [-0.1, -0.05) is 0 Å². The second kappa shape index (κ2) is 3.90. The molecule has 6 heteroatoms. The fourth-order valence-corrected chi connectivity index (χ4v) is 0.927. The molecule has 0 radical (unpaired) electrons. The predicted molar refractivity (Wildman–Crippen MR) is 46.0 cm³/mol. The molecule has 0 unspecified atom stereocenters. The van der Waals surface area contributed by atoms with Gasteiger partial charge in [-0.25, -0.2) is 0 Å². The van der Waals surface area contributed by atoms with E-state index in [-0.39, 0.29) is 12.4 Å². The highest BCUT2D eigenvalue weighted by molar-refractivity contribution is 6.18. The number of hydrogen-bond acceptors (Lipinski definition) is 3. The fourth-order valence-electron chi connectivity index (χ4n) is 0.850. The molecular formula is C8H11ClF2O3. The van der Waals surface area contributed by atoms with Gasteiger partial charge in [-0.05, 0) is 0 Å². The SMILES string of the molecule is CC1(C)OC=C(COC(F)(F)CCl)O1. The third kappa shape index (κ3) is 3.31. The van der Waals surface area contributed by atoms with Crippen LogP contribution in [-0.4, -0.2) is 24.4 Å². The van der Waals surface area contributed by atoms with Crippen LogP contribution in [-0.2, 0) is 14.2 Å². The molecule has 14 heavy (non-hydrogen) atoms. The molecule has 82 valence electrons. The van der Waals surface area contributed by atoms with Gasteiger partial charge in [-0.2, -0.15) is 8.78 Å². The lowest BCUT2D eigenvalue weighted by molar-refractivity contribution is -0.223. The van der Waals surface area contributed by atoms with Crippen LogP contribution in [0.5, 0.6) is 0 Å². The fraction of sp³-hybridized carbons (Fsp3) is 0.750. The van der Waals surface area contributed by atoms with Gasteiger partial charge in [-0.3, -0.25) is 0 Å². The van der Waals surface area contributed by atoms with E-state index in [0.29, 0.717) is 0 Å². The van der Waals surface area contributed by atoms with Crippen LogP contribution in [0, 0.1) is 0 Å². The van der Waals surface area contributed by atoms with E-state index in [9.17, 15) is 8.78 Å². The minimum atomic E-state index is -3.33. The Hall–Kier alpha value is -0.550. The first-order valence-electron chi connectivity index (χ1n) is 3.98. The summed E-state index contributed by atoms with van der Waals surface area (Å²) in [6.07, 6.45) is -2.08. The second-order valence-electron chi connectivity index (χ2n) is 3.26. The van der Waals surface area contributed by atoms with Crippen molar-refractivity contribution in [2.45, 2.75) is 25.7 Å². The van der Waals surface area contributed by atoms with Crippen molar-refractivity contribution in [3.05, 3.63) is 12.0 Å². The molecule has 0 aromatic heterocycles. The number of halogens is 3. The zero-order valence-corrected chi connectivity index (χ0v) is 8.61. The zero-order chi connectivity index (χ0) is 10.8. The van der Waals surface area contributed by atoms with Crippen LogP contribution in [0.3, 0.4) is 0 Å². The summed E-state index contributed by atoms with van der Waals surface area (Å²) in [5, 5.41) is 0. The lowest BCUT2D eigenvalue weighted by atomic mass is 10.4. The van der Waals surface area contributed by atoms with Gasteiger partial charge in [-0.15, -0.1) is 11.6 Å². The van der Waals surface area contributed by atoms with Crippen molar-refractivity contribution in [3.8, 4) is 0 Å². The molecule has 0 aromatic rings. The number of ether oxygens (including phenoxy) is 3. The summed E-state index contributed by atoms with van der Waals surface area (Å²) >= 11 is 4.97. The maximum atomic E-state index is 12.5. The molecule has 0 saturated carbocycles. The molecule has 0 aliphatic carbocycles. The highest BCUT2D eigenvalue weighted by atomic mass is 35.5. The molecule has 0 saturated heterocycles. The van der Waals surface area contributed by atoms with Gasteiger partial charge in [0.05, 0.1) is 0 Å². The van der Waals surface area contributed by atoms with Gasteiger partial charge in [0.25, 0.3) is 0 Å². The Morgan fingerprint density at radius 3 is 2.64 bits per heavy atom. The zero-order valence-electron chi connectivity index (χ0n) is 7.85. The third-order valence-corrected chi connectivity index (χ3v) is 1.74. The molecule has 0 fully saturated rings. The minimum absolute atomic E-state index is 0.222. The molecule has 0 atom stereocenters. The molecule has 0 N–H and O–H groups in total. The highest BCUT2D eigenvalue weighted by Gasteiger charge is 2.32. The molecule has 0 amide bonds. The van der Waals surface area contributed by atoms with Crippen molar-refractivity contribution in [2.24, 2.45) is 0 Å². The normalized spacial score (nSPS) is 19.9. The molecule has 0 aromatic carbocycles. The number of hydrogen-bond donors (Lipinski definition) is 0. The van der Waals surface area contributed by atoms with Crippen molar-refractivity contribution in [1.29, 1.82) is 0 Å². The summed E-state index contributed by atoms with van der Waals surface area (Å²) in [6.45, 7) is 2.97. The first kappa shape index (κ1) is 11.5. The van der Waals surface area contributed by atoms with Crippen LogP contribution in [0.2, 0.25) is 0 Å². The van der Waals surface area contributed by atoms with E-state index in [1.54, 1.807) is 13.8 Å². The molecule has 0 spiro atoms. The predicted octanol–water partition coefficient (Wildman–Crippen LogP) is 2.46. The van der Waals surface area contributed by atoms with E-state index in [1.165, 1.54) is 6.26 Å². The Kier molecular flexibility index (Phi) is 3.21. The molecule has 3 nitrogen and oxygen atoms in total. The van der Waals surface area contributed by atoms with Gasteiger partial charge >= 0.3 is 6.11 Å². The Labute approximate surface area is 85.6 Å². The van der Waals surface area contributed by atoms with Crippen LogP contribution in [0.15, 0.2) is 12.0 Å². The molecule has 1 heterocycles. The Morgan fingerprint density at radius 2 is 2.21 bits per heavy atom. The monoisotopic (exact) mass is 228 g/mol. The average molecular weight is 229 g/mol. The van der Waals surface area contributed by atoms with Crippen LogP contribution in [0.25, 0.3) is 0 Å². The highest BCUT2D eigenvalue weighted by Crippen LogP contribution is 2.26. The first-order chi connectivity index (χ1) is 6.35. The van der Waals surface area contributed by atoms with Gasteiger partial charge in [0, 0.05) is 13.8 Å². The van der Waals surface area contributed by atoms with Gasteiger partial charge < -0.3 is 14.2 Å². The van der Waals surface area contributed by atoms with E-state index in [4.69, 9.17) is 21.1 Å². The van der Waals surface area contributed by atoms with Crippen molar-refractivity contribution in [3.63, 3.8) is 0 Å². The average Bonchev–Trinajstić information content (AvgIpc) is 2.43. The van der Waals surface area contributed by atoms with Gasteiger partial charge in [0.15, 0.2) is 5.76 Å². The van der Waals surface area contributed by atoms with E-state index in [0.717, 1.165) is 0 Å². The summed E-state index contributed by atoms with van der Waals surface area (Å²) < 4.78 is 39.4. The molecule has 1 aliphatic rings. The summed E-state index contributed by atoms with van der Waals surface area (Å²) in [7, 11) is 0. The summed E-state index contributed by atoms with van der Waals surface area (Å²) in [4.78, 5) is 0. The summed E-state index contributed by atoms with van der Waals surface area (Å²) in [5.41, 5.74) is 0. The smallest absolute Gasteiger partial charge is 0.369 e. The Bertz CT molecular complexity index is 241. The van der Waals surface area contributed by atoms with Crippen molar-refractivity contribution >= 4 is 11.6 Å². The maximum Gasteiger partial charge on any atom is 0.369 e. The molecule has 0 bridgehead atoms. The van der Waals surface area contributed by atoms with E-state index in [1.807, 2.05) is 0 Å². The van der Waals surface area contributed by atoms with Crippen molar-refractivity contribution < 1.29 is 23.0 Å². The Morgan fingerprint density at radius 1 is 1.57 bits per heavy atom. The Balaban J connectivity index is 2.34. The molecular weight excluding hydrogens is 218 g/mol. The standard InChI is InChI=1S/C8H11ClF2O3/c1-7(2)12-3-6(14-7)4-13-8(10,11)5-9/h3H,4-5H2,1-2H3. The molecule has 1 aliphatic heterocycles. The maximum absolute atomic E-state index is 12.5. The van der Waals surface area contributed by atoms with E-state index >= 15 is 0 Å². The third-order valence-electron chi connectivity index (χ3n) is 1.43. The lowest BCUT2D eigenvalue weighted by Gasteiger charge is -2.19. The topological polar surface area (TPSA) is 27.7 Å². The van der Waals surface area contributed by atoms with Crippen LogP contribution < -0.4 is 0 Å². The van der Waals surface area contributed by atoms with Crippen LogP contribution >= 0.6 is 11.6 Å². The summed E-state index contributed by atoms with van der Waals surface area (Å²) in [5.74, 6) is -1.47. The first-order valence-corrected chi connectivity index (χ1v) is 4.52. The van der Waals surface area contributed by atoms with Crippen molar-refractivity contribution in [1.82, 2.24) is 0 Å². The summed E-state index contributed by atoms with van der Waals surface area (Å²) in [6, 6.07) is 0. The number of alkyl halides is 3. The van der Waals surface area contributed by atoms with E-state index in [2.05, 4.69) is 4.74 Å². The van der Waals surface area contributed by atoms with Crippen LogP contribution in [0.4, 0.5) is 8.78 Å². The quantitative estimate of drug-likeness (QED) is 0.692. The minimum Gasteiger partial charge on any atom is -0.457 e. The number of rotatable bonds is 4. The van der Waals surface area contributed by atoms with Crippen molar-refractivity contribution in [2.75, 3.05) is 12.5 Å². The largest absolute Gasteiger partial charge is 0.457 e. The molecule has 1 rings (SSSR count). The van der Waals surface area contributed by atoms with Gasteiger partial charge in [0.1, 0.15) is 18.7 Å². The van der Waals surface area contributed by atoms with Gasteiger partial charge in [0.2, 0.25) is 5.79 Å².